The van der Waals surface area contributed by atoms with Crippen molar-refractivity contribution in [2.45, 2.75) is 36.3 Å². The summed E-state index contributed by atoms with van der Waals surface area (Å²) < 4.78 is 40.7. The van der Waals surface area contributed by atoms with Gasteiger partial charge in [-0.2, -0.15) is 4.31 Å². The second-order valence-electron chi connectivity index (χ2n) is 7.43. The number of hydrogen-bond donors (Lipinski definition) is 1. The molecule has 4 rings (SSSR count). The fraction of sp³-hybridized carbons (Fsp3) is 0.350. The highest BCUT2D eigenvalue weighted by Gasteiger charge is 2.47. The molecule has 0 radical (unpaired) electrons. The maximum Gasteiger partial charge on any atom is 0.269 e. The number of amides is 1. The molecule has 10 heteroatoms. The predicted molar refractivity (Wildman–Crippen MR) is 106 cm³/mol. The van der Waals surface area contributed by atoms with Gasteiger partial charge in [-0.3, -0.25) is 9.78 Å². The lowest BCUT2D eigenvalue weighted by Crippen LogP contribution is -2.50. The number of nitrogens with zero attached hydrogens (tertiary/aromatic N) is 3. The third kappa shape index (κ3) is 4.19. The van der Waals surface area contributed by atoms with E-state index in [1.165, 1.54) is 22.5 Å². The van der Waals surface area contributed by atoms with E-state index in [0.717, 1.165) is 11.6 Å². The first-order valence-corrected chi connectivity index (χ1v) is 11.0. The SMILES string of the molecule is O=C(NCc1ccncc1)C1=NO[C@]2(CCCN(S(=O)(=O)c3cccc(F)c3)C2)C1. The molecule has 2 aromatic rings. The molecule has 1 aromatic carbocycles. The van der Waals surface area contributed by atoms with Gasteiger partial charge in [-0.05, 0) is 48.7 Å². The number of halogens is 1. The summed E-state index contributed by atoms with van der Waals surface area (Å²) in [5.74, 6) is -0.967. The van der Waals surface area contributed by atoms with Gasteiger partial charge in [0.05, 0.1) is 11.4 Å². The van der Waals surface area contributed by atoms with Gasteiger partial charge in [0.15, 0.2) is 5.60 Å². The molecule has 0 unspecified atom stereocenters. The first-order chi connectivity index (χ1) is 14.4. The second-order valence-corrected chi connectivity index (χ2v) is 9.36. The second kappa shape index (κ2) is 8.11. The average Bonchev–Trinajstić information content (AvgIpc) is 3.16. The molecule has 0 aliphatic carbocycles. The number of pyridine rings is 1. The van der Waals surface area contributed by atoms with Crippen LogP contribution in [0.5, 0.6) is 0 Å². The summed E-state index contributed by atoms with van der Waals surface area (Å²) >= 11 is 0. The first-order valence-electron chi connectivity index (χ1n) is 9.56. The van der Waals surface area contributed by atoms with E-state index in [1.54, 1.807) is 24.5 Å². The van der Waals surface area contributed by atoms with E-state index >= 15 is 0 Å². The van der Waals surface area contributed by atoms with Crippen LogP contribution in [0.2, 0.25) is 0 Å². The number of hydrogen-bond acceptors (Lipinski definition) is 6. The van der Waals surface area contributed by atoms with Crippen molar-refractivity contribution in [3.8, 4) is 0 Å². The van der Waals surface area contributed by atoms with Crippen LogP contribution in [0.3, 0.4) is 0 Å². The van der Waals surface area contributed by atoms with Crippen LogP contribution in [-0.4, -0.2) is 48.0 Å². The Morgan fingerprint density at radius 2 is 2.07 bits per heavy atom. The minimum Gasteiger partial charge on any atom is -0.387 e. The zero-order valence-corrected chi connectivity index (χ0v) is 16.9. The van der Waals surface area contributed by atoms with E-state index in [4.69, 9.17) is 4.84 Å². The van der Waals surface area contributed by atoms with Crippen LogP contribution >= 0.6 is 0 Å². The van der Waals surface area contributed by atoms with Crippen molar-refractivity contribution in [3.63, 3.8) is 0 Å². The number of rotatable bonds is 5. The van der Waals surface area contributed by atoms with E-state index in [2.05, 4.69) is 15.5 Å². The quantitative estimate of drug-likeness (QED) is 0.777. The smallest absolute Gasteiger partial charge is 0.269 e. The monoisotopic (exact) mass is 432 g/mol. The van der Waals surface area contributed by atoms with Crippen molar-refractivity contribution >= 4 is 21.6 Å². The van der Waals surface area contributed by atoms with Crippen molar-refractivity contribution < 1.29 is 22.4 Å². The van der Waals surface area contributed by atoms with Gasteiger partial charge >= 0.3 is 0 Å². The van der Waals surface area contributed by atoms with Crippen LogP contribution in [0.4, 0.5) is 4.39 Å². The van der Waals surface area contributed by atoms with E-state index in [1.807, 2.05) is 0 Å². The van der Waals surface area contributed by atoms with Crippen molar-refractivity contribution in [1.82, 2.24) is 14.6 Å². The Bertz CT molecular complexity index is 1080. The largest absolute Gasteiger partial charge is 0.387 e. The van der Waals surface area contributed by atoms with Crippen LogP contribution < -0.4 is 5.32 Å². The Hall–Kier alpha value is -2.85. The van der Waals surface area contributed by atoms with Crippen LogP contribution in [0.1, 0.15) is 24.8 Å². The van der Waals surface area contributed by atoms with Gasteiger partial charge in [-0.25, -0.2) is 12.8 Å². The number of carbonyl (C=O) groups excluding carboxylic acids is 1. The molecule has 1 atom stereocenters. The van der Waals surface area contributed by atoms with Crippen molar-refractivity contribution in [2.24, 2.45) is 5.16 Å². The summed E-state index contributed by atoms with van der Waals surface area (Å²) in [6.45, 7) is 0.678. The maximum absolute atomic E-state index is 13.5. The van der Waals surface area contributed by atoms with Crippen LogP contribution in [0.25, 0.3) is 0 Å². The van der Waals surface area contributed by atoms with Gasteiger partial charge in [-0.1, -0.05) is 11.2 Å². The molecular weight excluding hydrogens is 411 g/mol. The van der Waals surface area contributed by atoms with Crippen LogP contribution in [-0.2, 0) is 26.2 Å². The van der Waals surface area contributed by atoms with Gasteiger partial charge in [0, 0.05) is 31.9 Å². The van der Waals surface area contributed by atoms with Crippen molar-refractivity contribution in [1.29, 1.82) is 0 Å². The summed E-state index contributed by atoms with van der Waals surface area (Å²) in [4.78, 5) is 21.9. The topological polar surface area (TPSA) is 101 Å². The van der Waals surface area contributed by atoms with Gasteiger partial charge in [0.1, 0.15) is 11.5 Å². The number of benzene rings is 1. The molecule has 2 aliphatic heterocycles. The fourth-order valence-corrected chi connectivity index (χ4v) is 5.27. The van der Waals surface area contributed by atoms with Crippen LogP contribution in [0.15, 0.2) is 58.8 Å². The highest BCUT2D eigenvalue weighted by molar-refractivity contribution is 7.89. The van der Waals surface area contributed by atoms with Gasteiger partial charge in [0.2, 0.25) is 10.0 Å². The summed E-state index contributed by atoms with van der Waals surface area (Å²) in [5, 5.41) is 6.72. The Kier molecular flexibility index (Phi) is 5.52. The van der Waals surface area contributed by atoms with Gasteiger partial charge < -0.3 is 10.2 Å². The van der Waals surface area contributed by atoms with E-state index < -0.39 is 21.4 Å². The van der Waals surface area contributed by atoms with E-state index in [0.29, 0.717) is 25.9 Å². The molecule has 8 nitrogen and oxygen atoms in total. The standard InChI is InChI=1S/C20H21FN4O4S/c21-16-3-1-4-17(11-16)30(27,28)25-10-2-7-20(14-25)12-18(24-29-20)19(26)23-13-15-5-8-22-9-6-15/h1,3-6,8-9,11H,2,7,10,12-14H2,(H,23,26)/t20-/m1/s1. The maximum atomic E-state index is 13.5. The average molecular weight is 432 g/mol. The molecule has 3 heterocycles. The zero-order chi connectivity index (χ0) is 21.2. The Morgan fingerprint density at radius 3 is 2.83 bits per heavy atom. The number of oxime groups is 1. The zero-order valence-electron chi connectivity index (χ0n) is 16.1. The summed E-state index contributed by atoms with van der Waals surface area (Å²) in [5.41, 5.74) is 0.244. The van der Waals surface area contributed by atoms with Crippen molar-refractivity contribution in [2.75, 3.05) is 13.1 Å². The molecule has 1 amide bonds. The van der Waals surface area contributed by atoms with Gasteiger partial charge in [0.25, 0.3) is 5.91 Å². The molecule has 30 heavy (non-hydrogen) atoms. The molecule has 2 aliphatic rings. The fourth-order valence-electron chi connectivity index (χ4n) is 3.69. The Balaban J connectivity index is 1.42. The molecule has 158 valence electrons. The number of piperidine rings is 1. The highest BCUT2D eigenvalue weighted by Crippen LogP contribution is 2.35. The minimum atomic E-state index is -3.88. The molecular formula is C20H21FN4O4S. The lowest BCUT2D eigenvalue weighted by molar-refractivity contribution is -0.115. The number of nitrogens with one attached hydrogen (secondary N) is 1. The summed E-state index contributed by atoms with van der Waals surface area (Å²) in [6.07, 6.45) is 4.62. The van der Waals surface area contributed by atoms with E-state index in [-0.39, 0.29) is 29.5 Å². The number of carbonyl (C=O) groups is 1. The third-order valence-electron chi connectivity index (χ3n) is 5.24. The summed E-state index contributed by atoms with van der Waals surface area (Å²) in [6, 6.07) is 8.52. The van der Waals surface area contributed by atoms with Crippen molar-refractivity contribution in [3.05, 3.63) is 60.2 Å². The Labute approximate surface area is 173 Å². The summed E-state index contributed by atoms with van der Waals surface area (Å²) in [7, 11) is -3.88. The molecule has 1 N–H and O–H groups in total. The predicted octanol–water partition coefficient (Wildman–Crippen LogP) is 1.84. The molecule has 1 fully saturated rings. The Morgan fingerprint density at radius 1 is 1.27 bits per heavy atom. The molecule has 0 saturated carbocycles. The highest BCUT2D eigenvalue weighted by atomic mass is 32.2. The van der Waals surface area contributed by atoms with Crippen LogP contribution in [0, 0.1) is 5.82 Å². The number of sulfonamides is 1. The molecule has 0 bridgehead atoms. The lowest BCUT2D eigenvalue weighted by Gasteiger charge is -2.37. The third-order valence-corrected chi connectivity index (χ3v) is 7.08. The lowest BCUT2D eigenvalue weighted by atomic mass is 9.89. The normalized spacial score (nSPS) is 21.8. The first kappa shape index (κ1) is 20.4. The molecule has 1 spiro atoms. The van der Waals surface area contributed by atoms with Gasteiger partial charge in [-0.15, -0.1) is 0 Å². The minimum absolute atomic E-state index is 0.0521. The molecule has 1 aromatic heterocycles. The number of aromatic nitrogens is 1. The molecule has 1 saturated heterocycles. The van der Waals surface area contributed by atoms with E-state index in [9.17, 15) is 17.6 Å².